The van der Waals surface area contributed by atoms with E-state index in [0.717, 1.165) is 22.1 Å². The second-order valence-corrected chi connectivity index (χ2v) is 7.36. The molecule has 130 valence electrons. The molecule has 0 spiro atoms. The SMILES string of the molecule is CC(C)(CNc1nc(Cc2ccc(O)cc2)ns1)c1ccc(F)cc1. The van der Waals surface area contributed by atoms with Gasteiger partial charge in [0.2, 0.25) is 5.13 Å². The summed E-state index contributed by atoms with van der Waals surface area (Å²) in [6, 6.07) is 13.6. The number of phenols is 1. The lowest BCUT2D eigenvalue weighted by atomic mass is 9.85. The number of phenolic OH excluding ortho intramolecular Hbond substituents is 1. The molecule has 6 heteroatoms. The molecule has 0 fully saturated rings. The predicted octanol–water partition coefficient (Wildman–Crippen LogP) is 4.36. The first-order chi connectivity index (χ1) is 11.9. The number of halogens is 1. The zero-order chi connectivity index (χ0) is 17.9. The first kappa shape index (κ1) is 17.4. The second kappa shape index (κ2) is 7.19. The summed E-state index contributed by atoms with van der Waals surface area (Å²) in [6.07, 6.45) is 0.625. The van der Waals surface area contributed by atoms with Crippen molar-refractivity contribution in [3.05, 3.63) is 71.3 Å². The van der Waals surface area contributed by atoms with E-state index < -0.39 is 0 Å². The average molecular weight is 357 g/mol. The predicted molar refractivity (Wildman–Crippen MR) is 98.7 cm³/mol. The summed E-state index contributed by atoms with van der Waals surface area (Å²) in [5.41, 5.74) is 1.96. The van der Waals surface area contributed by atoms with Gasteiger partial charge in [-0.1, -0.05) is 38.1 Å². The summed E-state index contributed by atoms with van der Waals surface area (Å²) < 4.78 is 17.5. The number of nitrogens with zero attached hydrogens (tertiary/aromatic N) is 2. The highest BCUT2D eigenvalue weighted by molar-refractivity contribution is 7.09. The van der Waals surface area contributed by atoms with Crippen molar-refractivity contribution < 1.29 is 9.50 Å². The van der Waals surface area contributed by atoms with Gasteiger partial charge in [0.05, 0.1) is 0 Å². The van der Waals surface area contributed by atoms with E-state index in [1.54, 1.807) is 12.1 Å². The molecular weight excluding hydrogens is 337 g/mol. The number of anilines is 1. The molecule has 0 unspecified atom stereocenters. The van der Waals surface area contributed by atoms with E-state index in [-0.39, 0.29) is 17.0 Å². The summed E-state index contributed by atoms with van der Waals surface area (Å²) in [5, 5.41) is 13.4. The van der Waals surface area contributed by atoms with Crippen LogP contribution in [0.25, 0.3) is 0 Å². The Morgan fingerprint density at radius 1 is 1.08 bits per heavy atom. The van der Waals surface area contributed by atoms with Crippen molar-refractivity contribution in [2.75, 3.05) is 11.9 Å². The van der Waals surface area contributed by atoms with Crippen LogP contribution in [0, 0.1) is 5.82 Å². The molecule has 2 N–H and O–H groups in total. The van der Waals surface area contributed by atoms with E-state index in [1.165, 1.54) is 23.7 Å². The molecule has 1 heterocycles. The van der Waals surface area contributed by atoms with Crippen molar-refractivity contribution in [3.63, 3.8) is 0 Å². The van der Waals surface area contributed by atoms with Gasteiger partial charge in [-0.25, -0.2) is 9.37 Å². The fourth-order valence-electron chi connectivity index (χ4n) is 2.49. The fourth-order valence-corrected chi connectivity index (χ4v) is 3.07. The maximum atomic E-state index is 13.1. The van der Waals surface area contributed by atoms with Gasteiger partial charge in [-0.2, -0.15) is 4.37 Å². The van der Waals surface area contributed by atoms with Gasteiger partial charge in [0.15, 0.2) is 0 Å². The summed E-state index contributed by atoms with van der Waals surface area (Å²) >= 11 is 1.33. The van der Waals surface area contributed by atoms with Crippen molar-refractivity contribution in [3.8, 4) is 5.75 Å². The number of rotatable bonds is 6. The molecule has 0 bridgehead atoms. The van der Waals surface area contributed by atoms with Crippen molar-refractivity contribution in [1.29, 1.82) is 0 Å². The molecule has 2 aromatic carbocycles. The Hall–Kier alpha value is -2.47. The molecule has 0 aliphatic rings. The molecule has 3 aromatic rings. The lowest BCUT2D eigenvalue weighted by Gasteiger charge is -2.25. The number of aromatic nitrogens is 2. The van der Waals surface area contributed by atoms with Crippen LogP contribution < -0.4 is 5.32 Å². The van der Waals surface area contributed by atoms with Gasteiger partial charge in [0, 0.05) is 29.9 Å². The van der Waals surface area contributed by atoms with Crippen LogP contribution in [-0.4, -0.2) is 21.0 Å². The molecule has 0 saturated heterocycles. The van der Waals surface area contributed by atoms with Gasteiger partial charge < -0.3 is 10.4 Å². The van der Waals surface area contributed by atoms with Gasteiger partial charge in [-0.3, -0.25) is 0 Å². The van der Waals surface area contributed by atoms with Crippen molar-refractivity contribution in [2.45, 2.75) is 25.7 Å². The zero-order valence-electron chi connectivity index (χ0n) is 14.2. The third kappa shape index (κ3) is 4.54. The number of hydrogen-bond donors (Lipinski definition) is 2. The molecule has 0 atom stereocenters. The number of nitrogens with one attached hydrogen (secondary N) is 1. The van der Waals surface area contributed by atoms with E-state index in [0.29, 0.717) is 13.0 Å². The fraction of sp³-hybridized carbons (Fsp3) is 0.263. The van der Waals surface area contributed by atoms with E-state index in [9.17, 15) is 9.50 Å². The standard InChI is InChI=1S/C19H20FN3OS/c1-19(2,14-5-7-15(20)8-6-14)12-21-18-22-17(23-25-18)11-13-3-9-16(24)10-4-13/h3-10,24H,11-12H2,1-2H3,(H,21,22,23). The molecule has 4 nitrogen and oxygen atoms in total. The van der Waals surface area contributed by atoms with Gasteiger partial charge >= 0.3 is 0 Å². The Balaban J connectivity index is 1.61. The number of benzene rings is 2. The quantitative estimate of drug-likeness (QED) is 0.688. The molecule has 0 saturated carbocycles. The first-order valence-electron chi connectivity index (χ1n) is 8.03. The number of aromatic hydroxyl groups is 1. The molecule has 0 radical (unpaired) electrons. The highest BCUT2D eigenvalue weighted by Gasteiger charge is 2.21. The van der Waals surface area contributed by atoms with E-state index >= 15 is 0 Å². The van der Waals surface area contributed by atoms with Crippen molar-refractivity contribution in [1.82, 2.24) is 9.36 Å². The summed E-state index contributed by atoms with van der Waals surface area (Å²) in [7, 11) is 0. The van der Waals surface area contributed by atoms with Crippen LogP contribution in [0.2, 0.25) is 0 Å². The van der Waals surface area contributed by atoms with Gasteiger partial charge in [-0.15, -0.1) is 0 Å². The van der Waals surface area contributed by atoms with Crippen LogP contribution in [0.1, 0.15) is 30.8 Å². The molecule has 0 aliphatic heterocycles. The minimum absolute atomic E-state index is 0.156. The van der Waals surface area contributed by atoms with Crippen LogP contribution in [0.5, 0.6) is 5.75 Å². The lowest BCUT2D eigenvalue weighted by Crippen LogP contribution is -2.27. The van der Waals surface area contributed by atoms with Crippen LogP contribution in [-0.2, 0) is 11.8 Å². The maximum Gasteiger partial charge on any atom is 0.202 e. The number of hydrogen-bond acceptors (Lipinski definition) is 5. The third-order valence-corrected chi connectivity index (χ3v) is 4.78. The summed E-state index contributed by atoms with van der Waals surface area (Å²) in [6.45, 7) is 4.88. The van der Waals surface area contributed by atoms with Crippen molar-refractivity contribution in [2.24, 2.45) is 0 Å². The zero-order valence-corrected chi connectivity index (χ0v) is 15.0. The highest BCUT2D eigenvalue weighted by atomic mass is 32.1. The van der Waals surface area contributed by atoms with Crippen LogP contribution in [0.4, 0.5) is 9.52 Å². The summed E-state index contributed by atoms with van der Waals surface area (Å²) in [4.78, 5) is 4.51. The Bertz CT molecular complexity index is 829. The maximum absolute atomic E-state index is 13.1. The minimum atomic E-state index is -0.226. The molecule has 0 aliphatic carbocycles. The van der Waals surface area contributed by atoms with E-state index in [1.807, 2.05) is 24.3 Å². The first-order valence-corrected chi connectivity index (χ1v) is 8.80. The topological polar surface area (TPSA) is 58.0 Å². The Labute approximate surface area is 150 Å². The van der Waals surface area contributed by atoms with Crippen LogP contribution >= 0.6 is 11.5 Å². The van der Waals surface area contributed by atoms with E-state index in [2.05, 4.69) is 28.5 Å². The van der Waals surface area contributed by atoms with Gasteiger partial charge in [-0.05, 0) is 35.4 Å². The summed E-state index contributed by atoms with van der Waals surface area (Å²) in [5.74, 6) is 0.772. The normalized spacial score (nSPS) is 11.5. The molecular formula is C19H20FN3OS. The van der Waals surface area contributed by atoms with Crippen LogP contribution in [0.15, 0.2) is 48.5 Å². The van der Waals surface area contributed by atoms with E-state index in [4.69, 9.17) is 0 Å². The molecule has 3 rings (SSSR count). The largest absolute Gasteiger partial charge is 0.508 e. The Morgan fingerprint density at radius 2 is 1.76 bits per heavy atom. The van der Waals surface area contributed by atoms with Gasteiger partial charge in [0.1, 0.15) is 17.4 Å². The molecule has 25 heavy (non-hydrogen) atoms. The third-order valence-electron chi connectivity index (χ3n) is 4.07. The highest BCUT2D eigenvalue weighted by Crippen LogP contribution is 2.25. The second-order valence-electron chi connectivity index (χ2n) is 6.60. The van der Waals surface area contributed by atoms with Crippen molar-refractivity contribution >= 4 is 16.7 Å². The Kier molecular flexibility index (Phi) is 4.99. The minimum Gasteiger partial charge on any atom is -0.508 e. The van der Waals surface area contributed by atoms with Crippen LogP contribution in [0.3, 0.4) is 0 Å². The molecule has 0 amide bonds. The lowest BCUT2D eigenvalue weighted by molar-refractivity contribution is 0.475. The molecule has 1 aromatic heterocycles. The Morgan fingerprint density at radius 3 is 2.44 bits per heavy atom. The average Bonchev–Trinajstić information content (AvgIpc) is 3.03. The van der Waals surface area contributed by atoms with Gasteiger partial charge in [0.25, 0.3) is 0 Å². The monoisotopic (exact) mass is 357 g/mol. The smallest absolute Gasteiger partial charge is 0.202 e.